The summed E-state index contributed by atoms with van der Waals surface area (Å²) in [6.07, 6.45) is 2.55. The van der Waals surface area contributed by atoms with Gasteiger partial charge in [0.2, 0.25) is 15.9 Å². The molecular formula is C22H30N2O5S. The fraction of sp³-hybridized carbons (Fsp3) is 0.409. The van der Waals surface area contributed by atoms with Crippen molar-refractivity contribution in [3.05, 3.63) is 53.6 Å². The van der Waals surface area contributed by atoms with Crippen molar-refractivity contribution in [2.24, 2.45) is 0 Å². The molecule has 0 aliphatic heterocycles. The number of nitrogens with zero attached hydrogens (tertiary/aromatic N) is 1. The van der Waals surface area contributed by atoms with Crippen LogP contribution >= 0.6 is 0 Å². The van der Waals surface area contributed by atoms with Crippen molar-refractivity contribution >= 4 is 21.6 Å². The van der Waals surface area contributed by atoms with Gasteiger partial charge in [0.25, 0.3) is 0 Å². The Morgan fingerprint density at radius 2 is 1.70 bits per heavy atom. The van der Waals surface area contributed by atoms with E-state index in [1.54, 1.807) is 33.3 Å². The summed E-state index contributed by atoms with van der Waals surface area (Å²) in [4.78, 5) is 12.6. The van der Waals surface area contributed by atoms with Gasteiger partial charge in [0.05, 0.1) is 26.2 Å². The zero-order valence-electron chi connectivity index (χ0n) is 18.1. The van der Waals surface area contributed by atoms with Gasteiger partial charge in [0, 0.05) is 6.54 Å². The van der Waals surface area contributed by atoms with Gasteiger partial charge < -0.3 is 14.8 Å². The van der Waals surface area contributed by atoms with Gasteiger partial charge in [0.1, 0.15) is 6.04 Å². The number of carbonyl (C=O) groups is 1. The Labute approximate surface area is 179 Å². The van der Waals surface area contributed by atoms with Crippen molar-refractivity contribution < 1.29 is 22.7 Å². The van der Waals surface area contributed by atoms with E-state index in [9.17, 15) is 13.2 Å². The van der Waals surface area contributed by atoms with Crippen molar-refractivity contribution in [2.75, 3.05) is 31.3 Å². The molecule has 2 aromatic rings. The molecule has 0 heterocycles. The Balaban J connectivity index is 1.96. The van der Waals surface area contributed by atoms with Crippen molar-refractivity contribution in [1.29, 1.82) is 0 Å². The molecule has 0 aliphatic carbocycles. The molecule has 0 spiro atoms. The number of benzene rings is 2. The summed E-state index contributed by atoms with van der Waals surface area (Å²) in [5.74, 6) is 0.989. The van der Waals surface area contributed by atoms with Crippen LogP contribution in [0, 0.1) is 6.92 Å². The van der Waals surface area contributed by atoms with Crippen LogP contribution in [0.3, 0.4) is 0 Å². The van der Waals surface area contributed by atoms with Crippen LogP contribution < -0.4 is 19.1 Å². The smallest absolute Gasteiger partial charge is 0.243 e. The second kappa shape index (κ2) is 10.3. The number of hydrogen-bond donors (Lipinski definition) is 1. The van der Waals surface area contributed by atoms with Crippen LogP contribution in [0.25, 0.3) is 0 Å². The summed E-state index contributed by atoms with van der Waals surface area (Å²) in [6, 6.07) is 11.9. The first kappa shape index (κ1) is 23.5. The maximum absolute atomic E-state index is 12.6. The molecular weight excluding hydrogens is 404 g/mol. The number of rotatable bonds is 10. The monoisotopic (exact) mass is 434 g/mol. The largest absolute Gasteiger partial charge is 0.493 e. The van der Waals surface area contributed by atoms with Crippen LogP contribution in [0.5, 0.6) is 11.5 Å². The number of aryl methyl sites for hydroxylation is 2. The first-order chi connectivity index (χ1) is 14.2. The molecule has 2 rings (SSSR count). The lowest BCUT2D eigenvalue weighted by Crippen LogP contribution is -2.48. The standard InChI is InChI=1S/C22H30N2O5S/c1-16-8-11-19(12-9-16)24(30(5,26)27)17(2)22(25)23-14-6-7-18-10-13-20(28-3)21(15-18)29-4/h8-13,15,17H,6-7,14H2,1-5H3,(H,23,25). The summed E-state index contributed by atoms with van der Waals surface area (Å²) >= 11 is 0. The molecule has 0 fully saturated rings. The average molecular weight is 435 g/mol. The Kier molecular flexibility index (Phi) is 8.11. The maximum Gasteiger partial charge on any atom is 0.243 e. The van der Waals surface area contributed by atoms with E-state index < -0.39 is 16.1 Å². The van der Waals surface area contributed by atoms with Gasteiger partial charge in [-0.2, -0.15) is 0 Å². The molecule has 0 aromatic heterocycles. The molecule has 8 heteroatoms. The van der Waals surface area contributed by atoms with Gasteiger partial charge in [0.15, 0.2) is 11.5 Å². The van der Waals surface area contributed by atoms with E-state index in [1.807, 2.05) is 37.3 Å². The molecule has 1 unspecified atom stereocenters. The quantitative estimate of drug-likeness (QED) is 0.581. The van der Waals surface area contributed by atoms with Crippen LogP contribution in [-0.2, 0) is 21.2 Å². The summed E-state index contributed by atoms with van der Waals surface area (Å²) in [7, 11) is -0.440. The molecule has 1 amide bonds. The second-order valence-corrected chi connectivity index (χ2v) is 9.01. The van der Waals surface area contributed by atoms with Gasteiger partial charge in [-0.1, -0.05) is 23.8 Å². The minimum absolute atomic E-state index is 0.340. The molecule has 1 N–H and O–H groups in total. The molecule has 0 aliphatic rings. The van der Waals surface area contributed by atoms with E-state index in [2.05, 4.69) is 5.32 Å². The molecule has 2 aromatic carbocycles. The van der Waals surface area contributed by atoms with Crippen molar-refractivity contribution in [1.82, 2.24) is 5.32 Å². The summed E-state index contributed by atoms with van der Waals surface area (Å²) in [5.41, 5.74) is 2.54. The van der Waals surface area contributed by atoms with Gasteiger partial charge in [-0.15, -0.1) is 0 Å². The molecule has 0 saturated heterocycles. The molecule has 7 nitrogen and oxygen atoms in total. The second-order valence-electron chi connectivity index (χ2n) is 7.15. The highest BCUT2D eigenvalue weighted by Crippen LogP contribution is 2.28. The van der Waals surface area contributed by atoms with E-state index in [0.29, 0.717) is 30.2 Å². The molecule has 1 atom stereocenters. The number of nitrogens with one attached hydrogen (secondary N) is 1. The SMILES string of the molecule is COc1ccc(CCCNC(=O)C(C)N(c2ccc(C)cc2)S(C)(=O)=O)cc1OC. The van der Waals surface area contributed by atoms with Crippen LogP contribution in [-0.4, -0.2) is 47.4 Å². The highest BCUT2D eigenvalue weighted by atomic mass is 32.2. The summed E-state index contributed by atoms with van der Waals surface area (Å²) in [5, 5.41) is 2.84. The Morgan fingerprint density at radius 3 is 2.27 bits per heavy atom. The normalized spacial score (nSPS) is 12.2. The third-order valence-electron chi connectivity index (χ3n) is 4.77. The number of methoxy groups -OCH3 is 2. The zero-order valence-corrected chi connectivity index (χ0v) is 19.0. The van der Waals surface area contributed by atoms with Gasteiger partial charge in [-0.3, -0.25) is 9.10 Å². The fourth-order valence-electron chi connectivity index (χ4n) is 3.19. The molecule has 0 bridgehead atoms. The number of anilines is 1. The van der Waals surface area contributed by atoms with Crippen LogP contribution in [0.15, 0.2) is 42.5 Å². The maximum atomic E-state index is 12.6. The van der Waals surface area contributed by atoms with E-state index in [1.165, 1.54) is 0 Å². The average Bonchev–Trinajstić information content (AvgIpc) is 2.71. The highest BCUT2D eigenvalue weighted by Gasteiger charge is 2.28. The van der Waals surface area contributed by atoms with Crippen LogP contribution in [0.4, 0.5) is 5.69 Å². The summed E-state index contributed by atoms with van der Waals surface area (Å²) in [6.45, 7) is 3.94. The Morgan fingerprint density at radius 1 is 1.07 bits per heavy atom. The lowest BCUT2D eigenvalue weighted by molar-refractivity contribution is -0.121. The minimum atomic E-state index is -3.62. The first-order valence-corrected chi connectivity index (χ1v) is 11.6. The van der Waals surface area contributed by atoms with Crippen LogP contribution in [0.2, 0.25) is 0 Å². The predicted octanol–water partition coefficient (Wildman–Crippen LogP) is 2.92. The fourth-order valence-corrected chi connectivity index (χ4v) is 4.36. The first-order valence-electron chi connectivity index (χ1n) is 9.72. The van der Waals surface area contributed by atoms with Crippen molar-refractivity contribution in [3.63, 3.8) is 0 Å². The number of ether oxygens (including phenoxy) is 2. The lowest BCUT2D eigenvalue weighted by atomic mass is 10.1. The van der Waals surface area contributed by atoms with Crippen molar-refractivity contribution in [3.8, 4) is 11.5 Å². The van der Waals surface area contributed by atoms with E-state index in [0.717, 1.165) is 28.1 Å². The number of hydrogen-bond acceptors (Lipinski definition) is 5. The molecule has 0 radical (unpaired) electrons. The molecule has 164 valence electrons. The van der Waals surface area contributed by atoms with Crippen molar-refractivity contribution in [2.45, 2.75) is 32.7 Å². The van der Waals surface area contributed by atoms with Gasteiger partial charge in [-0.05, 0) is 56.5 Å². The lowest BCUT2D eigenvalue weighted by Gasteiger charge is -2.28. The Hall–Kier alpha value is -2.74. The molecule has 0 saturated carbocycles. The third kappa shape index (κ3) is 6.13. The van der Waals surface area contributed by atoms with E-state index in [4.69, 9.17) is 9.47 Å². The predicted molar refractivity (Wildman–Crippen MR) is 119 cm³/mol. The number of amides is 1. The topological polar surface area (TPSA) is 84.9 Å². The zero-order chi connectivity index (χ0) is 22.3. The van der Waals surface area contributed by atoms with Gasteiger partial charge in [-0.25, -0.2) is 8.42 Å². The number of carbonyl (C=O) groups excluding carboxylic acids is 1. The van der Waals surface area contributed by atoms with E-state index in [-0.39, 0.29) is 5.91 Å². The molecule has 30 heavy (non-hydrogen) atoms. The van der Waals surface area contributed by atoms with E-state index >= 15 is 0 Å². The summed E-state index contributed by atoms with van der Waals surface area (Å²) < 4.78 is 36.3. The van der Waals surface area contributed by atoms with Gasteiger partial charge >= 0.3 is 0 Å². The Bertz CT molecular complexity index is 958. The third-order valence-corrected chi connectivity index (χ3v) is 6.01. The minimum Gasteiger partial charge on any atom is -0.493 e. The van der Waals surface area contributed by atoms with Crippen LogP contribution in [0.1, 0.15) is 24.5 Å². The highest BCUT2D eigenvalue weighted by molar-refractivity contribution is 7.92. The number of sulfonamides is 1.